The van der Waals surface area contributed by atoms with Gasteiger partial charge in [0, 0.05) is 29.2 Å². The van der Waals surface area contributed by atoms with E-state index in [-0.39, 0.29) is 12.0 Å². The molecule has 0 bridgehead atoms. The lowest BCUT2D eigenvalue weighted by atomic mass is 9.98. The van der Waals surface area contributed by atoms with Crippen LogP contribution in [0.2, 0.25) is 0 Å². The zero-order valence-electron chi connectivity index (χ0n) is 19.0. The van der Waals surface area contributed by atoms with E-state index in [1.165, 1.54) is 12.1 Å². The van der Waals surface area contributed by atoms with Crippen LogP contribution in [0.15, 0.2) is 91.1 Å². The first-order valence-electron chi connectivity index (χ1n) is 11.1. The largest absolute Gasteiger partial charge is 0.467 e. The number of amides is 1. The van der Waals surface area contributed by atoms with Crippen LogP contribution in [0.5, 0.6) is 0 Å². The minimum atomic E-state index is -3.90. The maximum Gasteiger partial charge on any atom is 0.348 e. The van der Waals surface area contributed by atoms with Crippen LogP contribution in [0.25, 0.3) is 10.9 Å². The molecule has 0 aliphatic heterocycles. The number of nitrogens with one attached hydrogen (secondary N) is 3. The fourth-order valence-corrected chi connectivity index (χ4v) is 3.97. The quantitative estimate of drug-likeness (QED) is 0.301. The van der Waals surface area contributed by atoms with Crippen LogP contribution in [0.1, 0.15) is 17.2 Å². The lowest BCUT2D eigenvalue weighted by Gasteiger charge is -2.29. The molecule has 0 spiro atoms. The van der Waals surface area contributed by atoms with Gasteiger partial charge >= 0.3 is 11.9 Å². The average molecular weight is 478 g/mol. The predicted octanol–water partition coefficient (Wildman–Crippen LogP) is 4.86. The topological polar surface area (TPSA) is 83.2 Å². The molecule has 1 unspecified atom stereocenters. The number of hydrogen-bond donors (Lipinski definition) is 3. The highest BCUT2D eigenvalue weighted by molar-refractivity contribution is 5.91. The first-order chi connectivity index (χ1) is 16.9. The molecule has 35 heavy (non-hydrogen) atoms. The number of ether oxygens (including phenoxy) is 1. The molecule has 0 aliphatic carbocycles. The SMILES string of the molecule is COC(=O)[C@H](Cc1c[nH]c2ccccc12)NC(=O)C(F)(F)C(Nc1ccccc1)c1ccccc1. The number of aromatic amines is 1. The van der Waals surface area contributed by atoms with Crippen molar-refractivity contribution in [3.63, 3.8) is 0 Å². The van der Waals surface area contributed by atoms with Crippen molar-refractivity contribution in [2.75, 3.05) is 12.4 Å². The first kappa shape index (κ1) is 23.9. The smallest absolute Gasteiger partial charge is 0.348 e. The van der Waals surface area contributed by atoms with Gasteiger partial charge in [-0.05, 0) is 29.3 Å². The molecule has 1 heterocycles. The zero-order valence-corrected chi connectivity index (χ0v) is 19.0. The number of benzene rings is 3. The minimum Gasteiger partial charge on any atom is -0.467 e. The van der Waals surface area contributed by atoms with E-state index in [1.54, 1.807) is 54.7 Å². The zero-order chi connectivity index (χ0) is 24.8. The number of anilines is 1. The summed E-state index contributed by atoms with van der Waals surface area (Å²) in [6, 6.07) is 20.9. The maximum absolute atomic E-state index is 15.7. The van der Waals surface area contributed by atoms with E-state index in [4.69, 9.17) is 4.74 Å². The van der Waals surface area contributed by atoms with Gasteiger partial charge in [-0.1, -0.05) is 66.7 Å². The van der Waals surface area contributed by atoms with Crippen molar-refractivity contribution in [2.24, 2.45) is 0 Å². The Bertz CT molecular complexity index is 1290. The molecule has 180 valence electrons. The van der Waals surface area contributed by atoms with Gasteiger partial charge in [0.15, 0.2) is 0 Å². The summed E-state index contributed by atoms with van der Waals surface area (Å²) in [5.74, 6) is -6.29. The third-order valence-electron chi connectivity index (χ3n) is 5.77. The fraction of sp³-hybridized carbons (Fsp3) is 0.185. The van der Waals surface area contributed by atoms with E-state index in [0.29, 0.717) is 11.3 Å². The number of carbonyl (C=O) groups is 2. The van der Waals surface area contributed by atoms with Crippen molar-refractivity contribution in [1.29, 1.82) is 0 Å². The molecule has 0 fully saturated rings. The summed E-state index contributed by atoms with van der Waals surface area (Å²) in [5, 5.41) is 5.83. The number of para-hydroxylation sites is 2. The van der Waals surface area contributed by atoms with Crippen molar-refractivity contribution in [2.45, 2.75) is 24.4 Å². The van der Waals surface area contributed by atoms with Crippen molar-refractivity contribution < 1.29 is 23.1 Å². The first-order valence-corrected chi connectivity index (χ1v) is 11.1. The van der Waals surface area contributed by atoms with Gasteiger partial charge in [-0.3, -0.25) is 4.79 Å². The number of methoxy groups -OCH3 is 1. The maximum atomic E-state index is 15.7. The van der Waals surface area contributed by atoms with E-state index in [9.17, 15) is 9.59 Å². The molecular formula is C27H25F2N3O3. The summed E-state index contributed by atoms with van der Waals surface area (Å²) in [7, 11) is 1.15. The fourth-order valence-electron chi connectivity index (χ4n) is 3.97. The predicted molar refractivity (Wildman–Crippen MR) is 130 cm³/mol. The molecule has 8 heteroatoms. The van der Waals surface area contributed by atoms with E-state index in [1.807, 2.05) is 24.3 Å². The summed E-state index contributed by atoms with van der Waals surface area (Å²) in [5.41, 5.74) is 2.18. The number of H-pyrrole nitrogens is 1. The number of aromatic nitrogens is 1. The summed E-state index contributed by atoms with van der Waals surface area (Å²) < 4.78 is 36.2. The van der Waals surface area contributed by atoms with E-state index in [2.05, 4.69) is 15.6 Å². The normalized spacial score (nSPS) is 13.1. The molecule has 1 aromatic heterocycles. The molecule has 2 atom stereocenters. The number of carbonyl (C=O) groups excluding carboxylic acids is 2. The van der Waals surface area contributed by atoms with Crippen molar-refractivity contribution in [3.8, 4) is 0 Å². The van der Waals surface area contributed by atoms with Crippen molar-refractivity contribution in [3.05, 3.63) is 102 Å². The summed E-state index contributed by atoms with van der Waals surface area (Å²) in [6.07, 6.45) is 1.68. The van der Waals surface area contributed by atoms with Gasteiger partial charge < -0.3 is 20.4 Å². The van der Waals surface area contributed by atoms with Crippen LogP contribution in [-0.2, 0) is 20.7 Å². The molecule has 3 aromatic carbocycles. The van der Waals surface area contributed by atoms with E-state index >= 15 is 8.78 Å². The van der Waals surface area contributed by atoms with Gasteiger partial charge in [0.25, 0.3) is 5.91 Å². The van der Waals surface area contributed by atoms with Gasteiger partial charge in [-0.25, -0.2) is 4.79 Å². The molecule has 0 saturated heterocycles. The third-order valence-corrected chi connectivity index (χ3v) is 5.77. The minimum absolute atomic E-state index is 0.0133. The number of rotatable bonds is 9. The van der Waals surface area contributed by atoms with Crippen LogP contribution in [0.3, 0.4) is 0 Å². The summed E-state index contributed by atoms with van der Waals surface area (Å²) in [4.78, 5) is 28.5. The second-order valence-electron chi connectivity index (χ2n) is 8.09. The summed E-state index contributed by atoms with van der Waals surface area (Å²) >= 11 is 0. The van der Waals surface area contributed by atoms with Gasteiger partial charge in [-0.15, -0.1) is 0 Å². The number of esters is 1. The standard InChI is InChI=1S/C27H25F2N3O3/c1-35-25(33)23(16-19-17-30-22-15-9-8-14-21(19)22)32-26(34)27(28,29)24(18-10-4-2-5-11-18)31-20-12-6-3-7-13-20/h2-15,17,23-24,30-31H,16H2,1H3,(H,32,34)/t23-,24?/m0/s1. The highest BCUT2D eigenvalue weighted by atomic mass is 19.3. The Morgan fingerprint density at radius 1 is 0.943 bits per heavy atom. The molecular weight excluding hydrogens is 452 g/mol. The Morgan fingerprint density at radius 2 is 1.57 bits per heavy atom. The lowest BCUT2D eigenvalue weighted by Crippen LogP contribution is -2.53. The van der Waals surface area contributed by atoms with Crippen LogP contribution in [0, 0.1) is 0 Å². The van der Waals surface area contributed by atoms with E-state index in [0.717, 1.165) is 18.0 Å². The second-order valence-corrected chi connectivity index (χ2v) is 8.09. The Hall–Kier alpha value is -4.20. The molecule has 1 amide bonds. The van der Waals surface area contributed by atoms with Crippen molar-refractivity contribution >= 4 is 28.5 Å². The Labute approximate surface area is 201 Å². The van der Waals surface area contributed by atoms with Gasteiger partial charge in [0.1, 0.15) is 12.1 Å². The molecule has 6 nitrogen and oxygen atoms in total. The van der Waals surface area contributed by atoms with E-state index < -0.39 is 29.9 Å². The highest BCUT2D eigenvalue weighted by Crippen LogP contribution is 2.35. The Morgan fingerprint density at radius 3 is 2.26 bits per heavy atom. The monoisotopic (exact) mass is 477 g/mol. The second kappa shape index (κ2) is 10.4. The van der Waals surface area contributed by atoms with Crippen molar-refractivity contribution in [1.82, 2.24) is 10.3 Å². The number of halogens is 2. The molecule has 0 aliphatic rings. The summed E-state index contributed by atoms with van der Waals surface area (Å²) in [6.45, 7) is 0. The Balaban J connectivity index is 1.61. The number of alkyl halides is 2. The molecule has 4 aromatic rings. The number of hydrogen-bond acceptors (Lipinski definition) is 4. The van der Waals surface area contributed by atoms with Crippen LogP contribution < -0.4 is 10.6 Å². The highest BCUT2D eigenvalue weighted by Gasteiger charge is 2.49. The third kappa shape index (κ3) is 5.32. The molecule has 4 rings (SSSR count). The van der Waals surface area contributed by atoms with Crippen LogP contribution in [0.4, 0.5) is 14.5 Å². The number of fused-ring (bicyclic) bond motifs is 1. The van der Waals surface area contributed by atoms with Gasteiger partial charge in [0.05, 0.1) is 7.11 Å². The molecule has 3 N–H and O–H groups in total. The van der Waals surface area contributed by atoms with Crippen LogP contribution in [-0.4, -0.2) is 35.9 Å². The molecule has 0 radical (unpaired) electrons. The lowest BCUT2D eigenvalue weighted by molar-refractivity contribution is -0.154. The average Bonchev–Trinajstić information content (AvgIpc) is 3.30. The Kier molecular flexibility index (Phi) is 7.10. The van der Waals surface area contributed by atoms with Crippen LogP contribution >= 0.6 is 0 Å². The molecule has 0 saturated carbocycles. The van der Waals surface area contributed by atoms with Gasteiger partial charge in [-0.2, -0.15) is 8.78 Å². The van der Waals surface area contributed by atoms with Gasteiger partial charge in [0.2, 0.25) is 0 Å².